The van der Waals surface area contributed by atoms with Crippen LogP contribution < -0.4 is 5.73 Å². The predicted octanol–water partition coefficient (Wildman–Crippen LogP) is 2.39. The van der Waals surface area contributed by atoms with Gasteiger partial charge in [0.2, 0.25) is 0 Å². The molecular weight excluding hydrogens is 250 g/mol. The first-order chi connectivity index (χ1) is 9.76. The highest BCUT2D eigenvalue weighted by atomic mass is 15.3. The van der Waals surface area contributed by atoms with E-state index in [0.717, 1.165) is 16.8 Å². The van der Waals surface area contributed by atoms with Gasteiger partial charge >= 0.3 is 0 Å². The molecule has 3 rings (SSSR count). The van der Waals surface area contributed by atoms with Crippen LogP contribution in [0, 0.1) is 11.3 Å². The first-order valence-electron chi connectivity index (χ1n) is 6.03. The highest BCUT2D eigenvalue weighted by molar-refractivity contribution is 5.66. The van der Waals surface area contributed by atoms with Gasteiger partial charge in [0.15, 0.2) is 0 Å². The summed E-state index contributed by atoms with van der Waals surface area (Å²) in [7, 11) is 0. The minimum Gasteiger partial charge on any atom is -0.399 e. The van der Waals surface area contributed by atoms with E-state index in [1.54, 1.807) is 29.2 Å². The Labute approximate surface area is 115 Å². The Morgan fingerprint density at radius 2 is 2.05 bits per heavy atom. The second-order valence-corrected chi connectivity index (χ2v) is 4.31. The quantitative estimate of drug-likeness (QED) is 0.718. The number of hydrogen-bond donors (Lipinski definition) is 1. The Morgan fingerprint density at radius 3 is 2.85 bits per heavy atom. The minimum atomic E-state index is 0.364. The molecule has 1 aromatic carbocycles. The zero-order chi connectivity index (χ0) is 13.9. The van der Waals surface area contributed by atoms with Crippen molar-refractivity contribution < 1.29 is 0 Å². The van der Waals surface area contributed by atoms with Crippen LogP contribution in [0.3, 0.4) is 0 Å². The normalized spacial score (nSPS) is 10.2. The average molecular weight is 261 g/mol. The summed E-state index contributed by atoms with van der Waals surface area (Å²) in [5.74, 6) is 0. The van der Waals surface area contributed by atoms with E-state index in [1.807, 2.05) is 36.5 Å². The fraction of sp³-hybridized carbons (Fsp3) is 0. The Balaban J connectivity index is 2.00. The number of nitriles is 1. The van der Waals surface area contributed by atoms with Crippen LogP contribution in [0.15, 0.2) is 55.0 Å². The summed E-state index contributed by atoms with van der Waals surface area (Å²) in [6, 6.07) is 13.1. The van der Waals surface area contributed by atoms with Gasteiger partial charge in [0, 0.05) is 29.7 Å². The molecule has 0 atom stereocenters. The first-order valence-corrected chi connectivity index (χ1v) is 6.03. The maximum atomic E-state index is 8.87. The fourth-order valence-corrected chi connectivity index (χ4v) is 1.95. The highest BCUT2D eigenvalue weighted by Crippen LogP contribution is 2.22. The van der Waals surface area contributed by atoms with E-state index < -0.39 is 0 Å². The van der Waals surface area contributed by atoms with Gasteiger partial charge in [0.1, 0.15) is 11.8 Å². The number of nitrogens with zero attached hydrogens (tertiary/aromatic N) is 4. The van der Waals surface area contributed by atoms with Gasteiger partial charge in [-0.05, 0) is 23.8 Å². The van der Waals surface area contributed by atoms with Crippen LogP contribution in [0.5, 0.6) is 0 Å². The molecule has 0 spiro atoms. The summed E-state index contributed by atoms with van der Waals surface area (Å²) in [4.78, 5) is 3.94. The molecule has 2 N–H and O–H groups in total. The van der Waals surface area contributed by atoms with E-state index >= 15 is 0 Å². The van der Waals surface area contributed by atoms with Crippen molar-refractivity contribution in [2.75, 3.05) is 5.73 Å². The van der Waals surface area contributed by atoms with Gasteiger partial charge in [-0.15, -0.1) is 0 Å². The summed E-state index contributed by atoms with van der Waals surface area (Å²) in [6.45, 7) is 0. The topological polar surface area (TPSA) is 80.5 Å². The number of nitrogen functional groups attached to an aromatic ring is 1. The molecule has 20 heavy (non-hydrogen) atoms. The lowest BCUT2D eigenvalue weighted by molar-refractivity contribution is 0.876. The second-order valence-electron chi connectivity index (χ2n) is 4.31. The average Bonchev–Trinajstić information content (AvgIpc) is 2.97. The van der Waals surface area contributed by atoms with Gasteiger partial charge in [0.05, 0.1) is 11.9 Å². The molecule has 5 nitrogen and oxygen atoms in total. The van der Waals surface area contributed by atoms with Crippen molar-refractivity contribution >= 4 is 5.69 Å². The van der Waals surface area contributed by atoms with Crippen molar-refractivity contribution in [3.8, 4) is 22.9 Å². The van der Waals surface area contributed by atoms with Crippen molar-refractivity contribution in [1.29, 1.82) is 5.26 Å². The highest BCUT2D eigenvalue weighted by Gasteiger charge is 2.04. The first kappa shape index (κ1) is 11.9. The SMILES string of the molecule is N#Cc1cc(-n2cc(-c3cccc(N)c3)cn2)ccn1. The Hall–Kier alpha value is -3.13. The molecular formula is C15H11N5. The number of rotatable bonds is 2. The lowest BCUT2D eigenvalue weighted by Gasteiger charge is -2.01. The summed E-state index contributed by atoms with van der Waals surface area (Å²) in [5.41, 5.74) is 9.63. The Morgan fingerprint density at radius 1 is 1.15 bits per heavy atom. The smallest absolute Gasteiger partial charge is 0.142 e. The molecule has 0 aliphatic carbocycles. The van der Waals surface area contributed by atoms with Crippen molar-refractivity contribution in [2.24, 2.45) is 0 Å². The molecule has 0 radical (unpaired) electrons. The summed E-state index contributed by atoms with van der Waals surface area (Å²) < 4.78 is 1.71. The van der Waals surface area contributed by atoms with E-state index in [-0.39, 0.29) is 0 Å². The van der Waals surface area contributed by atoms with E-state index in [0.29, 0.717) is 11.4 Å². The summed E-state index contributed by atoms with van der Waals surface area (Å²) >= 11 is 0. The van der Waals surface area contributed by atoms with Crippen LogP contribution in [-0.2, 0) is 0 Å². The largest absolute Gasteiger partial charge is 0.399 e. The predicted molar refractivity (Wildman–Crippen MR) is 75.9 cm³/mol. The van der Waals surface area contributed by atoms with Gasteiger partial charge in [-0.3, -0.25) is 0 Å². The zero-order valence-electron chi connectivity index (χ0n) is 10.6. The van der Waals surface area contributed by atoms with Gasteiger partial charge in [-0.2, -0.15) is 10.4 Å². The molecule has 2 aromatic heterocycles. The molecule has 0 bridgehead atoms. The monoisotopic (exact) mass is 261 g/mol. The van der Waals surface area contributed by atoms with Crippen LogP contribution in [0.2, 0.25) is 0 Å². The van der Waals surface area contributed by atoms with Crippen LogP contribution >= 0.6 is 0 Å². The molecule has 0 aliphatic heterocycles. The van der Waals surface area contributed by atoms with Gasteiger partial charge in [-0.1, -0.05) is 12.1 Å². The third kappa shape index (κ3) is 2.22. The van der Waals surface area contributed by atoms with E-state index in [2.05, 4.69) is 10.1 Å². The molecule has 0 saturated heterocycles. The van der Waals surface area contributed by atoms with E-state index in [4.69, 9.17) is 11.0 Å². The molecule has 96 valence electrons. The minimum absolute atomic E-state index is 0.364. The van der Waals surface area contributed by atoms with Crippen LogP contribution in [0.4, 0.5) is 5.69 Å². The van der Waals surface area contributed by atoms with Crippen LogP contribution in [-0.4, -0.2) is 14.8 Å². The number of anilines is 1. The number of hydrogen-bond acceptors (Lipinski definition) is 4. The second kappa shape index (κ2) is 4.86. The zero-order valence-corrected chi connectivity index (χ0v) is 10.6. The van der Waals surface area contributed by atoms with Crippen molar-refractivity contribution in [2.45, 2.75) is 0 Å². The van der Waals surface area contributed by atoms with Crippen molar-refractivity contribution in [3.05, 3.63) is 60.7 Å². The summed E-state index contributed by atoms with van der Waals surface area (Å²) in [6.07, 6.45) is 5.25. The molecule has 0 fully saturated rings. The maximum absolute atomic E-state index is 8.87. The van der Waals surface area contributed by atoms with Crippen molar-refractivity contribution in [1.82, 2.24) is 14.8 Å². The van der Waals surface area contributed by atoms with Gasteiger partial charge in [0.25, 0.3) is 0 Å². The Kier molecular flexibility index (Phi) is 2.90. The number of benzene rings is 1. The van der Waals surface area contributed by atoms with Crippen molar-refractivity contribution in [3.63, 3.8) is 0 Å². The van der Waals surface area contributed by atoms with E-state index in [1.165, 1.54) is 0 Å². The van der Waals surface area contributed by atoms with E-state index in [9.17, 15) is 0 Å². The Bertz CT molecular complexity index is 798. The molecule has 0 amide bonds. The van der Waals surface area contributed by atoms with Gasteiger partial charge < -0.3 is 5.73 Å². The maximum Gasteiger partial charge on any atom is 0.142 e. The summed E-state index contributed by atoms with van der Waals surface area (Å²) in [5, 5.41) is 13.2. The molecule has 0 aliphatic rings. The number of aromatic nitrogens is 3. The van der Waals surface area contributed by atoms with Crippen LogP contribution in [0.1, 0.15) is 5.69 Å². The lowest BCUT2D eigenvalue weighted by atomic mass is 10.1. The molecule has 3 aromatic rings. The molecule has 5 heteroatoms. The van der Waals surface area contributed by atoms with Crippen LogP contribution in [0.25, 0.3) is 16.8 Å². The molecule has 2 heterocycles. The molecule has 0 saturated carbocycles. The third-order valence-corrected chi connectivity index (χ3v) is 2.93. The lowest BCUT2D eigenvalue weighted by Crippen LogP contribution is -1.95. The third-order valence-electron chi connectivity index (χ3n) is 2.93. The number of pyridine rings is 1. The standard InChI is InChI=1S/C15H11N5/c16-8-14-7-15(4-5-18-14)20-10-12(9-19-20)11-2-1-3-13(17)6-11/h1-7,9-10H,17H2. The van der Waals surface area contributed by atoms with Gasteiger partial charge in [-0.25, -0.2) is 9.67 Å². The molecule has 0 unspecified atom stereocenters. The fourth-order valence-electron chi connectivity index (χ4n) is 1.95. The number of nitrogens with two attached hydrogens (primary N) is 1.